The van der Waals surface area contributed by atoms with Gasteiger partial charge in [0.15, 0.2) is 5.82 Å². The number of carbonyl (C=O) groups excluding carboxylic acids is 1. The molecule has 2 aromatic rings. The van der Waals surface area contributed by atoms with Crippen LogP contribution in [0.4, 0.5) is 0 Å². The molecule has 0 spiro atoms. The molecule has 1 unspecified atom stereocenters. The fourth-order valence-electron chi connectivity index (χ4n) is 2.57. The molecule has 1 atom stereocenters. The molecule has 1 aromatic heterocycles. The van der Waals surface area contributed by atoms with Crippen LogP contribution in [0.1, 0.15) is 24.7 Å². The summed E-state index contributed by atoms with van der Waals surface area (Å²) >= 11 is 0. The Labute approximate surface area is 117 Å². The van der Waals surface area contributed by atoms with Crippen LogP contribution < -0.4 is 0 Å². The average Bonchev–Trinajstić information content (AvgIpc) is 3.15. The van der Waals surface area contributed by atoms with Gasteiger partial charge in [-0.3, -0.25) is 9.89 Å². The van der Waals surface area contributed by atoms with Crippen LogP contribution >= 0.6 is 0 Å². The van der Waals surface area contributed by atoms with Crippen LogP contribution in [0.15, 0.2) is 43.0 Å². The molecule has 2 heterocycles. The van der Waals surface area contributed by atoms with Gasteiger partial charge in [-0.1, -0.05) is 36.9 Å². The first-order valence-electron chi connectivity index (χ1n) is 6.70. The van der Waals surface area contributed by atoms with Gasteiger partial charge in [-0.2, -0.15) is 5.10 Å². The highest BCUT2D eigenvalue weighted by Gasteiger charge is 2.31. The smallest absolute Gasteiger partial charge is 0.246 e. The summed E-state index contributed by atoms with van der Waals surface area (Å²) in [4.78, 5) is 18.1. The number of aromatic amines is 1. The molecule has 0 aliphatic carbocycles. The maximum atomic E-state index is 11.8. The van der Waals surface area contributed by atoms with E-state index in [2.05, 4.69) is 21.8 Å². The molecule has 1 fully saturated rings. The number of nitrogens with zero attached hydrogens (tertiary/aromatic N) is 3. The van der Waals surface area contributed by atoms with Crippen molar-refractivity contribution in [2.24, 2.45) is 0 Å². The lowest BCUT2D eigenvalue weighted by molar-refractivity contribution is -0.127. The summed E-state index contributed by atoms with van der Waals surface area (Å²) in [5.41, 5.74) is 0.967. The zero-order chi connectivity index (χ0) is 13.9. The second-order valence-electron chi connectivity index (χ2n) is 4.80. The third-order valence-electron chi connectivity index (χ3n) is 3.56. The number of benzene rings is 1. The molecule has 1 N–H and O–H groups in total. The standard InChI is InChI=1S/C15H16N4O/c1-2-13(20)19-10-6-9-12(19)15-16-14(17-18-15)11-7-4-3-5-8-11/h2-5,7-8,12H,1,6,9-10H2,(H,16,17,18). The van der Waals surface area contributed by atoms with Gasteiger partial charge in [0.1, 0.15) is 5.82 Å². The second-order valence-corrected chi connectivity index (χ2v) is 4.80. The normalized spacial score (nSPS) is 18.2. The maximum Gasteiger partial charge on any atom is 0.246 e. The van der Waals surface area contributed by atoms with E-state index in [1.165, 1.54) is 6.08 Å². The first-order chi connectivity index (χ1) is 9.79. The van der Waals surface area contributed by atoms with E-state index >= 15 is 0 Å². The zero-order valence-corrected chi connectivity index (χ0v) is 11.1. The van der Waals surface area contributed by atoms with E-state index in [0.29, 0.717) is 5.82 Å². The van der Waals surface area contributed by atoms with Gasteiger partial charge in [-0.05, 0) is 18.9 Å². The molecule has 1 aliphatic heterocycles. The molecular weight excluding hydrogens is 252 g/mol. The summed E-state index contributed by atoms with van der Waals surface area (Å²) < 4.78 is 0. The quantitative estimate of drug-likeness (QED) is 0.869. The van der Waals surface area contributed by atoms with Crippen LogP contribution in [-0.4, -0.2) is 32.5 Å². The van der Waals surface area contributed by atoms with E-state index in [1.54, 1.807) is 4.90 Å². The van der Waals surface area contributed by atoms with Crippen LogP contribution in [0, 0.1) is 0 Å². The largest absolute Gasteiger partial charge is 0.329 e. The minimum absolute atomic E-state index is 0.0227. The highest BCUT2D eigenvalue weighted by atomic mass is 16.2. The molecule has 20 heavy (non-hydrogen) atoms. The first kappa shape index (κ1) is 12.6. The highest BCUT2D eigenvalue weighted by molar-refractivity contribution is 5.87. The van der Waals surface area contributed by atoms with Crippen molar-refractivity contribution >= 4 is 5.91 Å². The zero-order valence-electron chi connectivity index (χ0n) is 11.1. The number of hydrogen-bond donors (Lipinski definition) is 1. The van der Waals surface area contributed by atoms with Gasteiger partial charge in [-0.25, -0.2) is 4.98 Å². The molecule has 1 saturated heterocycles. The number of nitrogens with one attached hydrogen (secondary N) is 1. The number of aromatic nitrogens is 3. The van der Waals surface area contributed by atoms with Gasteiger partial charge in [0.05, 0.1) is 6.04 Å². The fraction of sp³-hybridized carbons (Fsp3) is 0.267. The minimum atomic E-state index is -0.0508. The Morgan fingerprint density at radius 3 is 2.95 bits per heavy atom. The third kappa shape index (κ3) is 2.22. The predicted molar refractivity (Wildman–Crippen MR) is 75.7 cm³/mol. The van der Waals surface area contributed by atoms with Gasteiger partial charge in [-0.15, -0.1) is 0 Å². The number of amides is 1. The lowest BCUT2D eigenvalue weighted by atomic mass is 10.2. The van der Waals surface area contributed by atoms with Crippen molar-refractivity contribution in [3.8, 4) is 11.4 Å². The Morgan fingerprint density at radius 2 is 2.20 bits per heavy atom. The van der Waals surface area contributed by atoms with Crippen molar-refractivity contribution in [3.05, 3.63) is 48.8 Å². The Balaban J connectivity index is 1.87. The molecule has 102 valence electrons. The SMILES string of the molecule is C=CC(=O)N1CCCC1c1nc(-c2ccccc2)n[nH]1. The fourth-order valence-corrected chi connectivity index (χ4v) is 2.57. The summed E-state index contributed by atoms with van der Waals surface area (Å²) in [6.45, 7) is 4.30. The summed E-state index contributed by atoms with van der Waals surface area (Å²) in [6.07, 6.45) is 3.24. The van der Waals surface area contributed by atoms with E-state index in [9.17, 15) is 4.79 Å². The van der Waals surface area contributed by atoms with E-state index in [-0.39, 0.29) is 11.9 Å². The van der Waals surface area contributed by atoms with E-state index in [1.807, 2.05) is 30.3 Å². The molecular formula is C15H16N4O. The van der Waals surface area contributed by atoms with Gasteiger partial charge in [0, 0.05) is 12.1 Å². The summed E-state index contributed by atoms with van der Waals surface area (Å²) in [6, 6.07) is 9.77. The van der Waals surface area contributed by atoms with E-state index in [0.717, 1.165) is 30.8 Å². The van der Waals surface area contributed by atoms with Crippen LogP contribution in [0.2, 0.25) is 0 Å². The van der Waals surface area contributed by atoms with Gasteiger partial charge in [0.2, 0.25) is 5.91 Å². The maximum absolute atomic E-state index is 11.8. The summed E-state index contributed by atoms with van der Waals surface area (Å²) in [5.74, 6) is 1.36. The lowest BCUT2D eigenvalue weighted by Crippen LogP contribution is -2.29. The summed E-state index contributed by atoms with van der Waals surface area (Å²) in [7, 11) is 0. The number of rotatable bonds is 3. The topological polar surface area (TPSA) is 61.9 Å². The molecule has 0 saturated carbocycles. The van der Waals surface area contributed by atoms with Crippen LogP contribution in [-0.2, 0) is 4.79 Å². The Kier molecular flexibility index (Phi) is 3.33. The number of carbonyl (C=O) groups is 1. The molecule has 5 nitrogen and oxygen atoms in total. The number of H-pyrrole nitrogens is 1. The third-order valence-corrected chi connectivity index (χ3v) is 3.56. The van der Waals surface area contributed by atoms with Gasteiger partial charge in [0.25, 0.3) is 0 Å². The molecule has 5 heteroatoms. The molecule has 1 amide bonds. The van der Waals surface area contributed by atoms with Gasteiger partial charge >= 0.3 is 0 Å². The first-order valence-corrected chi connectivity index (χ1v) is 6.70. The molecule has 3 rings (SSSR count). The van der Waals surface area contributed by atoms with Crippen molar-refractivity contribution < 1.29 is 4.79 Å². The van der Waals surface area contributed by atoms with Crippen LogP contribution in [0.5, 0.6) is 0 Å². The van der Waals surface area contributed by atoms with Crippen molar-refractivity contribution in [1.29, 1.82) is 0 Å². The molecule has 1 aromatic carbocycles. The Bertz CT molecular complexity index is 620. The van der Waals surface area contributed by atoms with E-state index in [4.69, 9.17) is 0 Å². The van der Waals surface area contributed by atoms with Crippen molar-refractivity contribution in [3.63, 3.8) is 0 Å². The second kappa shape index (κ2) is 5.28. The van der Waals surface area contributed by atoms with Crippen LogP contribution in [0.3, 0.4) is 0 Å². The number of hydrogen-bond acceptors (Lipinski definition) is 3. The monoisotopic (exact) mass is 268 g/mol. The van der Waals surface area contributed by atoms with E-state index < -0.39 is 0 Å². The Morgan fingerprint density at radius 1 is 1.40 bits per heavy atom. The lowest BCUT2D eigenvalue weighted by Gasteiger charge is -2.20. The summed E-state index contributed by atoms with van der Waals surface area (Å²) in [5, 5.41) is 7.22. The van der Waals surface area contributed by atoms with Crippen LogP contribution in [0.25, 0.3) is 11.4 Å². The minimum Gasteiger partial charge on any atom is -0.329 e. The Hall–Kier alpha value is -2.43. The molecule has 0 radical (unpaired) electrons. The average molecular weight is 268 g/mol. The van der Waals surface area contributed by atoms with Crippen molar-refractivity contribution in [2.45, 2.75) is 18.9 Å². The van der Waals surface area contributed by atoms with Crippen molar-refractivity contribution in [2.75, 3.05) is 6.54 Å². The van der Waals surface area contributed by atoms with Crippen molar-refractivity contribution in [1.82, 2.24) is 20.1 Å². The van der Waals surface area contributed by atoms with Gasteiger partial charge < -0.3 is 4.90 Å². The molecule has 1 aliphatic rings. The predicted octanol–water partition coefficient (Wildman–Crippen LogP) is 2.32. The highest BCUT2D eigenvalue weighted by Crippen LogP contribution is 2.30. The molecule has 0 bridgehead atoms. The number of likely N-dealkylation sites (tertiary alicyclic amines) is 1.